The van der Waals surface area contributed by atoms with Crippen LogP contribution >= 0.6 is 0 Å². The first kappa shape index (κ1) is 14.2. The fourth-order valence-electron chi connectivity index (χ4n) is 1.93. The Morgan fingerprint density at radius 2 is 2.25 bits per heavy atom. The molecule has 0 N–H and O–H groups in total. The highest BCUT2D eigenvalue weighted by Crippen LogP contribution is 2.24. The molecule has 0 aromatic carbocycles. The monoisotopic (exact) mass is 281 g/mol. The molecule has 1 aromatic rings. The molecule has 0 atom stereocenters. The van der Waals surface area contributed by atoms with E-state index >= 15 is 0 Å². The number of hydrogen-bond acceptors (Lipinski definition) is 7. The molecule has 2 heterocycles. The predicted molar refractivity (Wildman–Crippen MR) is 69.9 cm³/mol. The van der Waals surface area contributed by atoms with Gasteiger partial charge in [-0.3, -0.25) is 10.1 Å². The summed E-state index contributed by atoms with van der Waals surface area (Å²) in [5.74, 6) is -0.206. The van der Waals surface area contributed by atoms with Crippen LogP contribution < -0.4 is 4.90 Å². The van der Waals surface area contributed by atoms with Gasteiger partial charge in [0.1, 0.15) is 17.6 Å². The molecule has 0 unspecified atom stereocenters. The zero-order valence-corrected chi connectivity index (χ0v) is 11.1. The van der Waals surface area contributed by atoms with Crippen molar-refractivity contribution in [2.24, 2.45) is 0 Å². The molecule has 0 saturated carbocycles. The van der Waals surface area contributed by atoms with Crippen LogP contribution in [0.3, 0.4) is 0 Å². The van der Waals surface area contributed by atoms with E-state index in [1.165, 1.54) is 6.07 Å². The minimum atomic E-state index is -0.606. The first-order chi connectivity index (χ1) is 9.63. The highest BCUT2D eigenvalue weighted by Gasteiger charge is 2.24. The Labute approximate surface area is 115 Å². The number of rotatable bonds is 4. The molecular formula is C12H15N3O5. The number of hydrogen-bond donors (Lipinski definition) is 0. The summed E-state index contributed by atoms with van der Waals surface area (Å²) in [7, 11) is 0. The Morgan fingerprint density at radius 1 is 1.55 bits per heavy atom. The van der Waals surface area contributed by atoms with Crippen LogP contribution in [0.5, 0.6) is 0 Å². The zero-order chi connectivity index (χ0) is 14.5. The van der Waals surface area contributed by atoms with Crippen LogP contribution in [0.2, 0.25) is 0 Å². The van der Waals surface area contributed by atoms with Gasteiger partial charge in [-0.15, -0.1) is 0 Å². The molecule has 0 spiro atoms. The average molecular weight is 281 g/mol. The van der Waals surface area contributed by atoms with Gasteiger partial charge in [0.25, 0.3) is 5.69 Å². The Kier molecular flexibility index (Phi) is 4.46. The number of pyridine rings is 1. The molecule has 1 aliphatic rings. The maximum Gasteiger partial charge on any atom is 0.342 e. The summed E-state index contributed by atoms with van der Waals surface area (Å²) in [5.41, 5.74) is -0.118. The highest BCUT2D eigenvalue weighted by molar-refractivity contribution is 5.95. The van der Waals surface area contributed by atoms with Crippen LogP contribution in [0.25, 0.3) is 0 Å². The summed E-state index contributed by atoms with van der Waals surface area (Å²) in [5, 5.41) is 10.8. The van der Waals surface area contributed by atoms with Crippen molar-refractivity contribution in [3.05, 3.63) is 27.9 Å². The van der Waals surface area contributed by atoms with Gasteiger partial charge in [0.15, 0.2) is 0 Å². The Bertz CT molecular complexity index is 514. The molecule has 0 bridgehead atoms. The number of aromatic nitrogens is 1. The molecule has 0 aliphatic carbocycles. The van der Waals surface area contributed by atoms with Gasteiger partial charge in [-0.25, -0.2) is 9.78 Å². The quantitative estimate of drug-likeness (QED) is 0.461. The lowest BCUT2D eigenvalue weighted by atomic mass is 10.2. The van der Waals surface area contributed by atoms with Crippen molar-refractivity contribution in [2.75, 3.05) is 37.8 Å². The van der Waals surface area contributed by atoms with E-state index in [1.807, 2.05) is 4.90 Å². The SMILES string of the molecule is CCOC(=O)c1cc([N+](=O)[O-])cnc1N1CCOCC1. The topological polar surface area (TPSA) is 94.8 Å². The normalized spacial score (nSPS) is 14.9. The number of carbonyl (C=O) groups excluding carboxylic acids is 1. The van der Waals surface area contributed by atoms with Crippen LogP contribution in [0.4, 0.5) is 11.5 Å². The van der Waals surface area contributed by atoms with Crippen LogP contribution in [-0.4, -0.2) is 48.8 Å². The van der Waals surface area contributed by atoms with E-state index in [-0.39, 0.29) is 17.9 Å². The van der Waals surface area contributed by atoms with Gasteiger partial charge in [0.05, 0.1) is 24.7 Å². The third-order valence-corrected chi connectivity index (χ3v) is 2.87. The molecule has 2 rings (SSSR count). The number of ether oxygens (including phenoxy) is 2. The first-order valence-electron chi connectivity index (χ1n) is 6.27. The molecule has 8 nitrogen and oxygen atoms in total. The summed E-state index contributed by atoms with van der Waals surface area (Å²) in [6.07, 6.45) is 1.15. The summed E-state index contributed by atoms with van der Waals surface area (Å²) < 4.78 is 10.2. The lowest BCUT2D eigenvalue weighted by Gasteiger charge is -2.28. The smallest absolute Gasteiger partial charge is 0.342 e. The molecule has 1 aliphatic heterocycles. The standard InChI is InChI=1S/C12H15N3O5/c1-2-20-12(16)10-7-9(15(17)18)8-13-11(10)14-3-5-19-6-4-14/h7-8H,2-6H2,1H3. The minimum absolute atomic E-state index is 0.114. The summed E-state index contributed by atoms with van der Waals surface area (Å²) in [4.78, 5) is 28.1. The third kappa shape index (κ3) is 3.02. The minimum Gasteiger partial charge on any atom is -0.462 e. The maximum absolute atomic E-state index is 11.9. The summed E-state index contributed by atoms with van der Waals surface area (Å²) in [6.45, 7) is 4.09. The van der Waals surface area contributed by atoms with E-state index in [0.717, 1.165) is 6.20 Å². The summed E-state index contributed by atoms with van der Waals surface area (Å²) in [6, 6.07) is 1.20. The Hall–Kier alpha value is -2.22. The molecule has 108 valence electrons. The van der Waals surface area contributed by atoms with Gasteiger partial charge in [0.2, 0.25) is 0 Å². The van der Waals surface area contributed by atoms with Gasteiger partial charge in [-0.1, -0.05) is 0 Å². The number of carbonyl (C=O) groups is 1. The van der Waals surface area contributed by atoms with Gasteiger partial charge >= 0.3 is 5.97 Å². The van der Waals surface area contributed by atoms with E-state index in [2.05, 4.69) is 4.98 Å². The van der Waals surface area contributed by atoms with Gasteiger partial charge < -0.3 is 14.4 Å². The lowest BCUT2D eigenvalue weighted by Crippen LogP contribution is -2.37. The second kappa shape index (κ2) is 6.29. The maximum atomic E-state index is 11.9. The van der Waals surface area contributed by atoms with E-state index in [0.29, 0.717) is 32.1 Å². The Balaban J connectivity index is 2.38. The molecular weight excluding hydrogens is 266 g/mol. The fourth-order valence-corrected chi connectivity index (χ4v) is 1.93. The summed E-state index contributed by atoms with van der Waals surface area (Å²) >= 11 is 0. The van der Waals surface area contributed by atoms with E-state index in [1.54, 1.807) is 6.92 Å². The van der Waals surface area contributed by atoms with Crippen LogP contribution in [0.15, 0.2) is 12.3 Å². The van der Waals surface area contributed by atoms with Crippen molar-refractivity contribution in [3.8, 4) is 0 Å². The number of esters is 1. The van der Waals surface area contributed by atoms with Crippen molar-refractivity contribution < 1.29 is 19.2 Å². The lowest BCUT2D eigenvalue weighted by molar-refractivity contribution is -0.385. The van der Waals surface area contributed by atoms with E-state index in [9.17, 15) is 14.9 Å². The molecule has 0 radical (unpaired) electrons. The molecule has 20 heavy (non-hydrogen) atoms. The van der Waals surface area contributed by atoms with Crippen molar-refractivity contribution in [1.29, 1.82) is 0 Å². The zero-order valence-electron chi connectivity index (χ0n) is 11.1. The van der Waals surface area contributed by atoms with Crippen LogP contribution in [0.1, 0.15) is 17.3 Å². The number of nitrogens with zero attached hydrogens (tertiary/aromatic N) is 3. The predicted octanol–water partition coefficient (Wildman–Crippen LogP) is 1.00. The van der Waals surface area contributed by atoms with Crippen molar-refractivity contribution in [1.82, 2.24) is 4.98 Å². The van der Waals surface area contributed by atoms with Crippen molar-refractivity contribution in [3.63, 3.8) is 0 Å². The number of morpholine rings is 1. The van der Waals surface area contributed by atoms with Crippen molar-refractivity contribution in [2.45, 2.75) is 6.92 Å². The first-order valence-corrected chi connectivity index (χ1v) is 6.27. The number of nitro groups is 1. The van der Waals surface area contributed by atoms with Gasteiger partial charge in [0, 0.05) is 19.2 Å². The molecule has 0 amide bonds. The molecule has 8 heteroatoms. The highest BCUT2D eigenvalue weighted by atomic mass is 16.6. The van der Waals surface area contributed by atoms with Crippen molar-refractivity contribution >= 4 is 17.5 Å². The Morgan fingerprint density at radius 3 is 2.85 bits per heavy atom. The second-order valence-electron chi connectivity index (χ2n) is 4.14. The van der Waals surface area contributed by atoms with Crippen LogP contribution in [0, 0.1) is 10.1 Å². The molecule has 1 saturated heterocycles. The fraction of sp³-hybridized carbons (Fsp3) is 0.500. The number of anilines is 1. The average Bonchev–Trinajstić information content (AvgIpc) is 2.47. The van der Waals surface area contributed by atoms with Crippen LogP contribution in [-0.2, 0) is 9.47 Å². The van der Waals surface area contributed by atoms with Gasteiger partial charge in [-0.2, -0.15) is 0 Å². The molecule has 1 fully saturated rings. The molecule has 1 aromatic heterocycles. The van der Waals surface area contributed by atoms with Gasteiger partial charge in [-0.05, 0) is 6.92 Å². The van der Waals surface area contributed by atoms with E-state index in [4.69, 9.17) is 9.47 Å². The third-order valence-electron chi connectivity index (χ3n) is 2.87. The second-order valence-corrected chi connectivity index (χ2v) is 4.14. The largest absolute Gasteiger partial charge is 0.462 e. The van der Waals surface area contributed by atoms with E-state index < -0.39 is 10.9 Å².